The average Bonchev–Trinajstić information content (AvgIpc) is 3.01. The van der Waals surface area contributed by atoms with Gasteiger partial charge in [0.2, 0.25) is 0 Å². The molecule has 0 amide bonds. The summed E-state index contributed by atoms with van der Waals surface area (Å²) in [5.74, 6) is 0. The van der Waals surface area contributed by atoms with Gasteiger partial charge in [0.15, 0.2) is 0 Å². The Kier molecular flexibility index (Phi) is 4.91. The van der Waals surface area contributed by atoms with E-state index in [-0.39, 0.29) is 5.41 Å². The minimum absolute atomic E-state index is 0.0126. The van der Waals surface area contributed by atoms with Gasteiger partial charge in [-0.05, 0) is 30.5 Å². The van der Waals surface area contributed by atoms with E-state index in [4.69, 9.17) is 0 Å². The summed E-state index contributed by atoms with van der Waals surface area (Å²) in [6, 6.07) is 15.5. The SMILES string of the molecule is CCCC(C)(c1ccc(C)cc1)c1c[nH]c2c(NSC)cccc12. The fraction of sp³-hybridized carbons (Fsp3) is 0.333. The second kappa shape index (κ2) is 6.94. The van der Waals surface area contributed by atoms with Crippen LogP contribution in [0.2, 0.25) is 0 Å². The van der Waals surface area contributed by atoms with Gasteiger partial charge in [0, 0.05) is 23.3 Å². The summed E-state index contributed by atoms with van der Waals surface area (Å²) >= 11 is 1.62. The topological polar surface area (TPSA) is 27.8 Å². The van der Waals surface area contributed by atoms with Crippen molar-refractivity contribution >= 4 is 28.5 Å². The highest BCUT2D eigenvalue weighted by Crippen LogP contribution is 2.41. The molecule has 0 saturated heterocycles. The molecule has 1 unspecified atom stereocenters. The largest absolute Gasteiger partial charge is 0.359 e. The fourth-order valence-electron chi connectivity index (χ4n) is 3.66. The molecule has 0 saturated carbocycles. The quantitative estimate of drug-likeness (QED) is 0.518. The molecule has 1 heterocycles. The number of H-pyrrole nitrogens is 1. The third-order valence-corrected chi connectivity index (χ3v) is 5.38. The van der Waals surface area contributed by atoms with Gasteiger partial charge < -0.3 is 9.71 Å². The maximum Gasteiger partial charge on any atom is 0.0701 e. The van der Waals surface area contributed by atoms with Gasteiger partial charge in [0.05, 0.1) is 11.2 Å². The molecule has 24 heavy (non-hydrogen) atoms. The van der Waals surface area contributed by atoms with Crippen LogP contribution in [0.4, 0.5) is 5.69 Å². The van der Waals surface area contributed by atoms with Crippen LogP contribution in [0.5, 0.6) is 0 Å². The summed E-state index contributed by atoms with van der Waals surface area (Å²) in [5.41, 5.74) is 6.43. The Balaban J connectivity index is 2.17. The predicted octanol–water partition coefficient (Wildman–Crippen LogP) is 6.27. The van der Waals surface area contributed by atoms with Gasteiger partial charge in [0.1, 0.15) is 0 Å². The Labute approximate surface area is 149 Å². The number of hydrogen-bond donors (Lipinski definition) is 2. The lowest BCUT2D eigenvalue weighted by molar-refractivity contribution is 0.515. The van der Waals surface area contributed by atoms with Crippen LogP contribution < -0.4 is 4.72 Å². The molecule has 2 aromatic carbocycles. The molecule has 2 nitrogen and oxygen atoms in total. The van der Waals surface area contributed by atoms with E-state index in [1.54, 1.807) is 11.9 Å². The molecule has 1 atom stereocenters. The van der Waals surface area contributed by atoms with Crippen molar-refractivity contribution in [2.45, 2.75) is 39.0 Å². The Morgan fingerprint density at radius 1 is 1.12 bits per heavy atom. The highest BCUT2D eigenvalue weighted by atomic mass is 32.2. The number of fused-ring (bicyclic) bond motifs is 1. The summed E-state index contributed by atoms with van der Waals surface area (Å²) in [6.07, 6.45) is 6.53. The number of rotatable bonds is 6. The molecule has 0 aliphatic rings. The first-order valence-electron chi connectivity index (χ1n) is 8.57. The molecule has 0 bridgehead atoms. The van der Waals surface area contributed by atoms with E-state index < -0.39 is 0 Å². The van der Waals surface area contributed by atoms with Crippen LogP contribution in [0.3, 0.4) is 0 Å². The van der Waals surface area contributed by atoms with Crippen molar-refractivity contribution in [3.05, 3.63) is 65.4 Å². The second-order valence-corrected chi connectivity index (χ2v) is 7.30. The van der Waals surface area contributed by atoms with E-state index in [9.17, 15) is 0 Å². The number of nitrogens with one attached hydrogen (secondary N) is 2. The van der Waals surface area contributed by atoms with Gasteiger partial charge in [-0.15, -0.1) is 0 Å². The fourth-order valence-corrected chi connectivity index (χ4v) is 4.05. The second-order valence-electron chi connectivity index (χ2n) is 6.68. The van der Waals surface area contributed by atoms with Gasteiger partial charge in [-0.1, -0.05) is 74.2 Å². The zero-order chi connectivity index (χ0) is 17.2. The van der Waals surface area contributed by atoms with Crippen molar-refractivity contribution in [2.75, 3.05) is 11.0 Å². The monoisotopic (exact) mass is 338 g/mol. The lowest BCUT2D eigenvalue weighted by Gasteiger charge is -2.30. The maximum absolute atomic E-state index is 3.51. The molecule has 3 rings (SSSR count). The first kappa shape index (κ1) is 17.0. The van der Waals surface area contributed by atoms with E-state index >= 15 is 0 Å². The average molecular weight is 339 g/mol. The van der Waals surface area contributed by atoms with Gasteiger partial charge in [-0.3, -0.25) is 0 Å². The molecular formula is C21H26N2S. The molecule has 126 valence electrons. The number of aryl methyl sites for hydroxylation is 1. The Bertz CT molecular complexity index is 819. The van der Waals surface area contributed by atoms with Gasteiger partial charge in [-0.2, -0.15) is 0 Å². The molecule has 0 fully saturated rings. The maximum atomic E-state index is 3.51. The smallest absolute Gasteiger partial charge is 0.0701 e. The third-order valence-electron chi connectivity index (χ3n) is 4.96. The third kappa shape index (κ3) is 2.93. The lowest BCUT2D eigenvalue weighted by atomic mass is 9.73. The Morgan fingerprint density at radius 3 is 2.54 bits per heavy atom. The van der Waals surface area contributed by atoms with Gasteiger partial charge in [-0.25, -0.2) is 0 Å². The summed E-state index contributed by atoms with van der Waals surface area (Å²) < 4.78 is 3.38. The zero-order valence-electron chi connectivity index (χ0n) is 14.9. The molecule has 2 N–H and O–H groups in total. The van der Waals surface area contributed by atoms with Crippen LogP contribution in [-0.4, -0.2) is 11.2 Å². The molecule has 1 aromatic heterocycles. The molecular weight excluding hydrogens is 312 g/mol. The van der Waals surface area contributed by atoms with Crippen molar-refractivity contribution in [1.82, 2.24) is 4.98 Å². The van der Waals surface area contributed by atoms with Crippen molar-refractivity contribution in [2.24, 2.45) is 0 Å². The molecule has 0 radical (unpaired) electrons. The highest BCUT2D eigenvalue weighted by molar-refractivity contribution is 7.99. The normalized spacial score (nSPS) is 13.8. The van der Waals surface area contributed by atoms with Crippen LogP contribution in [0, 0.1) is 6.92 Å². The van der Waals surface area contributed by atoms with Gasteiger partial charge in [0.25, 0.3) is 0 Å². The number of aromatic amines is 1. The first-order valence-corrected chi connectivity index (χ1v) is 9.79. The minimum atomic E-state index is 0.0126. The zero-order valence-corrected chi connectivity index (χ0v) is 15.8. The minimum Gasteiger partial charge on any atom is -0.359 e. The first-order chi connectivity index (χ1) is 11.6. The number of aromatic nitrogens is 1. The summed E-state index contributed by atoms with van der Waals surface area (Å²) in [7, 11) is 0. The van der Waals surface area contributed by atoms with E-state index in [0.717, 1.165) is 18.5 Å². The molecule has 0 aliphatic heterocycles. The Hall–Kier alpha value is -1.87. The molecule has 3 aromatic rings. The standard InChI is InChI=1S/C21H26N2S/c1-5-13-21(3,16-11-9-15(2)10-12-16)18-14-22-20-17(18)7-6-8-19(20)23-24-4/h6-12,14,22-23H,5,13H2,1-4H3. The van der Waals surface area contributed by atoms with E-state index in [1.807, 2.05) is 0 Å². The van der Waals surface area contributed by atoms with Crippen LogP contribution in [0.15, 0.2) is 48.7 Å². The van der Waals surface area contributed by atoms with Crippen LogP contribution in [0.25, 0.3) is 10.9 Å². The molecule has 0 spiro atoms. The van der Waals surface area contributed by atoms with Crippen molar-refractivity contribution in [1.29, 1.82) is 0 Å². The van der Waals surface area contributed by atoms with Crippen molar-refractivity contribution in [3.8, 4) is 0 Å². The highest BCUT2D eigenvalue weighted by Gasteiger charge is 2.30. The number of benzene rings is 2. The number of para-hydroxylation sites is 1. The molecule has 0 aliphatic carbocycles. The van der Waals surface area contributed by atoms with Crippen molar-refractivity contribution < 1.29 is 0 Å². The summed E-state index contributed by atoms with van der Waals surface area (Å²) in [4.78, 5) is 3.51. The van der Waals surface area contributed by atoms with Gasteiger partial charge >= 0.3 is 0 Å². The van der Waals surface area contributed by atoms with Crippen molar-refractivity contribution in [3.63, 3.8) is 0 Å². The number of anilines is 1. The van der Waals surface area contributed by atoms with Crippen LogP contribution >= 0.6 is 11.9 Å². The number of hydrogen-bond acceptors (Lipinski definition) is 2. The van der Waals surface area contributed by atoms with E-state index in [2.05, 4.69) is 85.4 Å². The van der Waals surface area contributed by atoms with Crippen LogP contribution in [-0.2, 0) is 5.41 Å². The lowest BCUT2D eigenvalue weighted by Crippen LogP contribution is -2.23. The predicted molar refractivity (Wildman–Crippen MR) is 108 cm³/mol. The summed E-state index contributed by atoms with van der Waals surface area (Å²) in [5, 5.41) is 1.31. The molecule has 3 heteroatoms. The van der Waals surface area contributed by atoms with E-state index in [0.29, 0.717) is 0 Å². The Morgan fingerprint density at radius 2 is 1.88 bits per heavy atom. The van der Waals surface area contributed by atoms with Crippen LogP contribution in [0.1, 0.15) is 43.4 Å². The van der Waals surface area contributed by atoms with E-state index in [1.165, 1.54) is 27.6 Å². The summed E-state index contributed by atoms with van der Waals surface area (Å²) in [6.45, 7) is 6.79.